The van der Waals surface area contributed by atoms with Gasteiger partial charge in [-0.3, -0.25) is 4.79 Å². The number of fused-ring (bicyclic) bond motifs is 1. The van der Waals surface area contributed by atoms with Crippen LogP contribution in [0, 0.1) is 6.92 Å². The summed E-state index contributed by atoms with van der Waals surface area (Å²) in [5, 5.41) is 0. The largest absolute Gasteiger partial charge is 0.469 e. The molecule has 2 rings (SSSR count). The maximum absolute atomic E-state index is 11.0. The highest BCUT2D eigenvalue weighted by molar-refractivity contribution is 5.76. The van der Waals surface area contributed by atoms with Crippen LogP contribution in [0.15, 0.2) is 18.2 Å². The molecule has 1 N–H and O–H groups in total. The minimum Gasteiger partial charge on any atom is -0.469 e. The fourth-order valence-electron chi connectivity index (χ4n) is 1.62. The van der Waals surface area contributed by atoms with Gasteiger partial charge in [-0.1, -0.05) is 6.07 Å². The number of H-pyrrole nitrogens is 1. The summed E-state index contributed by atoms with van der Waals surface area (Å²) < 4.78 is 4.58. The normalized spacial score (nSPS) is 10.6. The van der Waals surface area contributed by atoms with Gasteiger partial charge in [0.05, 0.1) is 24.6 Å². The lowest BCUT2D eigenvalue weighted by Gasteiger charge is -1.95. The molecule has 0 aliphatic heterocycles. The molecule has 0 aliphatic carbocycles. The van der Waals surface area contributed by atoms with Crippen molar-refractivity contribution in [1.29, 1.82) is 0 Å². The molecule has 0 fully saturated rings. The molecule has 4 heteroatoms. The van der Waals surface area contributed by atoms with Gasteiger partial charge in [0, 0.05) is 6.42 Å². The first-order chi connectivity index (χ1) is 7.69. The third-order valence-corrected chi connectivity index (χ3v) is 2.48. The van der Waals surface area contributed by atoms with Crippen LogP contribution in [-0.4, -0.2) is 23.0 Å². The molecule has 0 saturated carbocycles. The minimum atomic E-state index is -0.211. The fourth-order valence-corrected chi connectivity index (χ4v) is 1.62. The molecular weight excluding hydrogens is 204 g/mol. The first-order valence-electron chi connectivity index (χ1n) is 5.21. The number of aromatic amines is 1. The monoisotopic (exact) mass is 218 g/mol. The van der Waals surface area contributed by atoms with Crippen LogP contribution in [0.1, 0.15) is 17.8 Å². The zero-order valence-electron chi connectivity index (χ0n) is 9.41. The summed E-state index contributed by atoms with van der Waals surface area (Å²) in [4.78, 5) is 18.6. The van der Waals surface area contributed by atoms with E-state index in [9.17, 15) is 4.79 Å². The second-order valence-electron chi connectivity index (χ2n) is 3.78. The van der Waals surface area contributed by atoms with Crippen LogP contribution in [0.2, 0.25) is 0 Å². The molecule has 0 amide bonds. The van der Waals surface area contributed by atoms with Gasteiger partial charge in [0.2, 0.25) is 0 Å². The van der Waals surface area contributed by atoms with Gasteiger partial charge in [-0.25, -0.2) is 4.98 Å². The van der Waals surface area contributed by atoms with Crippen molar-refractivity contribution in [3.63, 3.8) is 0 Å². The summed E-state index contributed by atoms with van der Waals surface area (Å²) in [5.41, 5.74) is 3.14. The minimum absolute atomic E-state index is 0.211. The number of hydrogen-bond donors (Lipinski definition) is 1. The number of ether oxygens (including phenoxy) is 1. The lowest BCUT2D eigenvalue weighted by molar-refractivity contribution is -0.140. The average Bonchev–Trinajstić information content (AvgIpc) is 2.67. The summed E-state index contributed by atoms with van der Waals surface area (Å²) in [6.45, 7) is 2.04. The van der Waals surface area contributed by atoms with Gasteiger partial charge < -0.3 is 9.72 Å². The highest BCUT2D eigenvalue weighted by Crippen LogP contribution is 2.14. The van der Waals surface area contributed by atoms with Gasteiger partial charge in [-0.05, 0) is 24.6 Å². The van der Waals surface area contributed by atoms with Crippen molar-refractivity contribution in [2.75, 3.05) is 7.11 Å². The lowest BCUT2D eigenvalue weighted by atomic mass is 10.2. The predicted molar refractivity (Wildman–Crippen MR) is 61.2 cm³/mol. The Hall–Kier alpha value is -1.84. The molecule has 1 aromatic carbocycles. The summed E-state index contributed by atoms with van der Waals surface area (Å²) in [5.74, 6) is 0.614. The number of methoxy groups -OCH3 is 1. The highest BCUT2D eigenvalue weighted by Gasteiger charge is 2.06. The van der Waals surface area contributed by atoms with E-state index in [1.807, 2.05) is 25.1 Å². The second kappa shape index (κ2) is 4.35. The molecule has 0 unspecified atom stereocenters. The van der Waals surface area contributed by atoms with E-state index < -0.39 is 0 Å². The van der Waals surface area contributed by atoms with Gasteiger partial charge >= 0.3 is 5.97 Å². The molecule has 2 aromatic rings. The Morgan fingerprint density at radius 2 is 2.31 bits per heavy atom. The maximum Gasteiger partial charge on any atom is 0.305 e. The van der Waals surface area contributed by atoms with Crippen molar-refractivity contribution in [2.45, 2.75) is 19.8 Å². The number of aromatic nitrogens is 2. The molecule has 0 radical (unpaired) electrons. The quantitative estimate of drug-likeness (QED) is 0.801. The van der Waals surface area contributed by atoms with Crippen LogP contribution in [-0.2, 0) is 16.0 Å². The molecule has 4 nitrogen and oxygen atoms in total. The topological polar surface area (TPSA) is 55.0 Å². The zero-order valence-corrected chi connectivity index (χ0v) is 9.41. The standard InChI is InChI=1S/C12H14N2O2/c1-8-3-4-9-10(7-8)14-11(13-9)5-6-12(15)16-2/h3-4,7H,5-6H2,1-2H3,(H,13,14). The molecule has 84 valence electrons. The second-order valence-corrected chi connectivity index (χ2v) is 3.78. The van der Waals surface area contributed by atoms with E-state index in [0.29, 0.717) is 12.8 Å². The molecule has 0 bridgehead atoms. The Morgan fingerprint density at radius 1 is 1.50 bits per heavy atom. The molecule has 1 aromatic heterocycles. The van der Waals surface area contributed by atoms with E-state index in [1.54, 1.807) is 0 Å². The van der Waals surface area contributed by atoms with E-state index in [1.165, 1.54) is 12.7 Å². The number of carbonyl (C=O) groups is 1. The summed E-state index contributed by atoms with van der Waals surface area (Å²) in [6, 6.07) is 6.04. The number of nitrogens with one attached hydrogen (secondary N) is 1. The number of benzene rings is 1. The highest BCUT2D eigenvalue weighted by atomic mass is 16.5. The van der Waals surface area contributed by atoms with E-state index in [2.05, 4.69) is 14.7 Å². The summed E-state index contributed by atoms with van der Waals surface area (Å²) >= 11 is 0. The van der Waals surface area contributed by atoms with Crippen molar-refractivity contribution < 1.29 is 9.53 Å². The van der Waals surface area contributed by atoms with Crippen LogP contribution < -0.4 is 0 Å². The number of carbonyl (C=O) groups excluding carboxylic acids is 1. The summed E-state index contributed by atoms with van der Waals surface area (Å²) in [7, 11) is 1.39. The van der Waals surface area contributed by atoms with Crippen molar-refractivity contribution in [2.24, 2.45) is 0 Å². The molecule has 0 aliphatic rings. The molecule has 1 heterocycles. The van der Waals surface area contributed by atoms with Crippen molar-refractivity contribution in [3.8, 4) is 0 Å². The Labute approximate surface area is 93.6 Å². The van der Waals surface area contributed by atoms with Gasteiger partial charge in [0.25, 0.3) is 0 Å². The number of esters is 1. The summed E-state index contributed by atoms with van der Waals surface area (Å²) in [6.07, 6.45) is 0.940. The van der Waals surface area contributed by atoms with Gasteiger partial charge in [-0.2, -0.15) is 0 Å². The van der Waals surface area contributed by atoms with Crippen molar-refractivity contribution in [3.05, 3.63) is 29.6 Å². The molecule has 0 atom stereocenters. The smallest absolute Gasteiger partial charge is 0.305 e. The van der Waals surface area contributed by atoms with Gasteiger partial charge in [0.15, 0.2) is 0 Å². The number of hydrogen-bond acceptors (Lipinski definition) is 3. The molecule has 16 heavy (non-hydrogen) atoms. The van der Waals surface area contributed by atoms with E-state index >= 15 is 0 Å². The SMILES string of the molecule is COC(=O)CCc1nc2ccc(C)cc2[nH]1. The van der Waals surface area contributed by atoms with Crippen LogP contribution in [0.5, 0.6) is 0 Å². The number of nitrogens with zero attached hydrogens (tertiary/aromatic N) is 1. The predicted octanol–water partition coefficient (Wildman–Crippen LogP) is 1.98. The van der Waals surface area contributed by atoms with Crippen LogP contribution >= 0.6 is 0 Å². The Morgan fingerprint density at radius 3 is 3.06 bits per heavy atom. The third-order valence-electron chi connectivity index (χ3n) is 2.48. The van der Waals surface area contributed by atoms with Crippen molar-refractivity contribution in [1.82, 2.24) is 9.97 Å². The zero-order chi connectivity index (χ0) is 11.5. The van der Waals surface area contributed by atoms with Gasteiger partial charge in [0.1, 0.15) is 5.82 Å². The first-order valence-corrected chi connectivity index (χ1v) is 5.21. The van der Waals surface area contributed by atoms with Crippen molar-refractivity contribution >= 4 is 17.0 Å². The number of imidazole rings is 1. The van der Waals surface area contributed by atoms with E-state index in [-0.39, 0.29) is 5.97 Å². The van der Waals surface area contributed by atoms with E-state index in [4.69, 9.17) is 0 Å². The van der Waals surface area contributed by atoms with Crippen LogP contribution in [0.3, 0.4) is 0 Å². The van der Waals surface area contributed by atoms with Crippen LogP contribution in [0.4, 0.5) is 0 Å². The molecule has 0 saturated heterocycles. The number of aryl methyl sites for hydroxylation is 2. The Kier molecular flexibility index (Phi) is 2.90. The average molecular weight is 218 g/mol. The molecular formula is C12H14N2O2. The van der Waals surface area contributed by atoms with Crippen LogP contribution in [0.25, 0.3) is 11.0 Å². The maximum atomic E-state index is 11.0. The van der Waals surface area contributed by atoms with Gasteiger partial charge in [-0.15, -0.1) is 0 Å². The first kappa shape index (κ1) is 10.7. The Balaban J connectivity index is 2.16. The molecule has 0 spiro atoms. The lowest BCUT2D eigenvalue weighted by Crippen LogP contribution is -2.02. The third kappa shape index (κ3) is 2.21. The number of rotatable bonds is 3. The Bertz CT molecular complexity index is 517. The fraction of sp³-hybridized carbons (Fsp3) is 0.333. The van der Waals surface area contributed by atoms with E-state index in [0.717, 1.165) is 16.9 Å².